The van der Waals surface area contributed by atoms with Crippen molar-refractivity contribution in [3.8, 4) is 0 Å². The molecule has 0 saturated heterocycles. The molecule has 9 heavy (non-hydrogen) atoms. The van der Waals surface area contributed by atoms with Crippen LogP contribution in [-0.4, -0.2) is 16.6 Å². The van der Waals surface area contributed by atoms with Crippen LogP contribution in [-0.2, 0) is 9.59 Å². The molecule has 0 N–H and O–H groups in total. The number of hydroxylamine groups is 4. The van der Waals surface area contributed by atoms with Crippen LogP contribution in [0.5, 0.6) is 0 Å². The van der Waals surface area contributed by atoms with Crippen molar-refractivity contribution < 1.29 is 14.4 Å². The minimum Gasteiger partial charge on any atom is -0.616 e. The summed E-state index contributed by atoms with van der Waals surface area (Å²) in [4.78, 5) is 17.6. The number of amides is 2. The molecule has 5 nitrogen and oxygen atoms in total. The van der Waals surface area contributed by atoms with E-state index in [1.165, 1.54) is 0 Å². The maximum Gasteiger partial charge on any atom is 0.346 e. The minimum atomic E-state index is -2.67. The Morgan fingerprint density at radius 1 is 1.11 bits per heavy atom. The summed E-state index contributed by atoms with van der Waals surface area (Å²) in [6, 6.07) is 0. The molecule has 0 radical (unpaired) electrons. The quantitative estimate of drug-likeness (QED) is 0.248. The molecular formula is C4H2NO4-. The van der Waals surface area contributed by atoms with Crippen molar-refractivity contribution in [1.82, 2.24) is 0 Å². The predicted octanol–water partition coefficient (Wildman–Crippen LogP) is -0.578. The number of hydrogen-bond acceptors (Lipinski definition) is 4. The van der Waals surface area contributed by atoms with Crippen molar-refractivity contribution in [2.75, 3.05) is 0 Å². The highest BCUT2D eigenvalue weighted by Gasteiger charge is 2.29. The van der Waals surface area contributed by atoms with Crippen LogP contribution in [0.1, 0.15) is 0 Å². The van der Waals surface area contributed by atoms with Crippen molar-refractivity contribution in [2.45, 2.75) is 0 Å². The molecule has 0 fully saturated rings. The average Bonchev–Trinajstić information content (AvgIpc) is 1.96. The highest BCUT2D eigenvalue weighted by atomic mass is 16.9. The van der Waals surface area contributed by atoms with Gasteiger partial charge in [0.1, 0.15) is 0 Å². The van der Waals surface area contributed by atoms with Gasteiger partial charge in [-0.1, -0.05) is 0 Å². The van der Waals surface area contributed by atoms with E-state index in [9.17, 15) is 20.0 Å². The summed E-state index contributed by atoms with van der Waals surface area (Å²) < 4.78 is 0. The fourth-order valence-corrected chi connectivity index (χ4v) is 0.447. The van der Waals surface area contributed by atoms with E-state index >= 15 is 0 Å². The van der Waals surface area contributed by atoms with Gasteiger partial charge in [-0.15, -0.1) is 0 Å². The van der Waals surface area contributed by atoms with E-state index in [1.54, 1.807) is 0 Å². The SMILES string of the molecule is O=C1C=CC(=O)[N+]1([O-])[O-]. The van der Waals surface area contributed by atoms with Crippen molar-refractivity contribution in [2.24, 2.45) is 0 Å². The third-order valence-electron chi connectivity index (χ3n) is 0.949. The first-order valence-electron chi connectivity index (χ1n) is 2.13. The van der Waals surface area contributed by atoms with Gasteiger partial charge in [-0.25, -0.2) is 9.59 Å². The highest BCUT2D eigenvalue weighted by molar-refractivity contribution is 6.04. The Morgan fingerprint density at radius 2 is 1.44 bits per heavy atom. The van der Waals surface area contributed by atoms with Gasteiger partial charge < -0.3 is 10.4 Å². The molecule has 0 saturated carbocycles. The smallest absolute Gasteiger partial charge is 0.346 e. The van der Waals surface area contributed by atoms with Gasteiger partial charge in [0.25, 0.3) is 0 Å². The first kappa shape index (κ1) is 6.09. The predicted molar refractivity (Wildman–Crippen MR) is 26.1 cm³/mol. The van der Waals surface area contributed by atoms with Crippen LogP contribution in [0.25, 0.3) is 0 Å². The number of rotatable bonds is 0. The second kappa shape index (κ2) is 1.47. The minimum absolute atomic E-state index is 0.683. The Balaban J connectivity index is 3.02. The van der Waals surface area contributed by atoms with Crippen molar-refractivity contribution in [3.05, 3.63) is 22.6 Å². The van der Waals surface area contributed by atoms with Crippen LogP contribution in [0.4, 0.5) is 0 Å². The van der Waals surface area contributed by atoms with E-state index in [0.29, 0.717) is 12.2 Å². The van der Waals surface area contributed by atoms with Crippen LogP contribution >= 0.6 is 0 Å². The molecule has 0 aromatic rings. The summed E-state index contributed by atoms with van der Waals surface area (Å²) in [5.74, 6) is -2.53. The van der Waals surface area contributed by atoms with Crippen LogP contribution in [0.3, 0.4) is 0 Å². The van der Waals surface area contributed by atoms with E-state index in [2.05, 4.69) is 0 Å². The zero-order valence-corrected chi connectivity index (χ0v) is 4.23. The number of carbonyl (C=O) groups excluding carboxylic acids is 2. The molecule has 1 rings (SSSR count). The van der Waals surface area contributed by atoms with Gasteiger partial charge in [0.05, 0.1) is 12.2 Å². The number of quaternary nitrogens is 1. The molecule has 0 unspecified atom stereocenters. The highest BCUT2D eigenvalue weighted by Crippen LogP contribution is 2.11. The van der Waals surface area contributed by atoms with E-state index in [0.717, 1.165) is 0 Å². The molecule has 5 heteroatoms. The first-order valence-corrected chi connectivity index (χ1v) is 2.13. The third kappa shape index (κ3) is 0.672. The Kier molecular flexibility index (Phi) is 0.995. The number of nitrogens with zero attached hydrogens (tertiary/aromatic N) is 1. The van der Waals surface area contributed by atoms with Gasteiger partial charge >= 0.3 is 11.8 Å². The lowest BCUT2D eigenvalue weighted by Gasteiger charge is -2.35. The maximum atomic E-state index is 10.2. The molecular weight excluding hydrogens is 126 g/mol. The van der Waals surface area contributed by atoms with Crippen LogP contribution in [0.2, 0.25) is 0 Å². The van der Waals surface area contributed by atoms with E-state index in [4.69, 9.17) is 0 Å². The van der Waals surface area contributed by atoms with Gasteiger partial charge in [-0.3, -0.25) is 4.81 Å². The molecule has 0 atom stereocenters. The molecule has 0 aromatic carbocycles. The Morgan fingerprint density at radius 3 is 1.56 bits per heavy atom. The zero-order chi connectivity index (χ0) is 7.07. The van der Waals surface area contributed by atoms with Gasteiger partial charge in [-0.2, -0.15) is 0 Å². The fourth-order valence-electron chi connectivity index (χ4n) is 0.447. The van der Waals surface area contributed by atoms with E-state index in [-0.39, 0.29) is 0 Å². The van der Waals surface area contributed by atoms with Gasteiger partial charge in [0, 0.05) is 0 Å². The third-order valence-corrected chi connectivity index (χ3v) is 0.949. The summed E-state index contributed by atoms with van der Waals surface area (Å²) in [5, 5.41) is 20.4. The standard InChI is InChI=1S/C4H2NO4/c6-3-1-2-4(7)5(3,8)9/h1-2H/q-1. The molecule has 0 spiro atoms. The van der Waals surface area contributed by atoms with Gasteiger partial charge in [0.15, 0.2) is 0 Å². The zero-order valence-electron chi connectivity index (χ0n) is 4.23. The summed E-state index contributed by atoms with van der Waals surface area (Å²) in [5.41, 5.74) is 0. The normalized spacial score (nSPS) is 23.3. The van der Waals surface area contributed by atoms with Crippen LogP contribution < -0.4 is 0 Å². The van der Waals surface area contributed by atoms with E-state index < -0.39 is 16.6 Å². The second-order valence-corrected chi connectivity index (χ2v) is 1.56. The first-order chi connectivity index (χ1) is 4.05. The molecule has 0 aliphatic carbocycles. The summed E-state index contributed by atoms with van der Waals surface area (Å²) >= 11 is 0. The van der Waals surface area contributed by atoms with Crippen LogP contribution in [0, 0.1) is 10.4 Å². The number of imide groups is 1. The lowest BCUT2D eigenvalue weighted by atomic mass is 10.6. The maximum absolute atomic E-state index is 10.2. The topological polar surface area (TPSA) is 80.3 Å². The molecule has 48 valence electrons. The molecule has 1 aliphatic heterocycles. The Hall–Kier alpha value is -1.04. The molecule has 1 heterocycles. The second-order valence-electron chi connectivity index (χ2n) is 1.56. The molecule has 1 aliphatic rings. The monoisotopic (exact) mass is 128 g/mol. The number of hydrogen-bond donors (Lipinski definition) is 0. The van der Waals surface area contributed by atoms with Gasteiger partial charge in [-0.05, 0) is 0 Å². The fraction of sp³-hybridized carbons (Fsp3) is 0. The lowest BCUT2D eigenvalue weighted by Crippen LogP contribution is -2.41. The summed E-state index contributed by atoms with van der Waals surface area (Å²) in [6.45, 7) is 0. The van der Waals surface area contributed by atoms with Crippen LogP contribution in [0.15, 0.2) is 12.2 Å². The Bertz CT molecular complexity index is 185. The van der Waals surface area contributed by atoms with Gasteiger partial charge in [0.2, 0.25) is 0 Å². The van der Waals surface area contributed by atoms with Crippen molar-refractivity contribution >= 4 is 11.8 Å². The molecule has 0 aromatic heterocycles. The lowest BCUT2D eigenvalue weighted by molar-refractivity contribution is -0.660. The van der Waals surface area contributed by atoms with E-state index in [1.807, 2.05) is 0 Å². The van der Waals surface area contributed by atoms with Crippen molar-refractivity contribution in [3.63, 3.8) is 0 Å². The summed E-state index contributed by atoms with van der Waals surface area (Å²) in [6.07, 6.45) is 1.37. The molecule has 2 amide bonds. The Labute approximate surface area is 49.9 Å². The number of carbonyl (C=O) groups is 2. The summed E-state index contributed by atoms with van der Waals surface area (Å²) in [7, 11) is 0. The molecule has 0 bridgehead atoms. The average molecular weight is 128 g/mol. The van der Waals surface area contributed by atoms with Crippen molar-refractivity contribution in [1.29, 1.82) is 0 Å². The largest absolute Gasteiger partial charge is 0.616 e.